The fourth-order valence-electron chi connectivity index (χ4n) is 2.34. The van der Waals surface area contributed by atoms with Gasteiger partial charge in [0.15, 0.2) is 9.84 Å². The number of benzene rings is 1. The number of nitrogens with zero attached hydrogens (tertiary/aromatic N) is 1. The monoisotopic (exact) mass is 337 g/mol. The predicted octanol–water partition coefficient (Wildman–Crippen LogP) is 2.08. The highest BCUT2D eigenvalue weighted by atomic mass is 35.5. The Labute approximate surface area is 129 Å². The molecule has 0 bridgehead atoms. The summed E-state index contributed by atoms with van der Waals surface area (Å²) in [5.74, 6) is 0.262. The molecule has 7 heteroatoms. The van der Waals surface area contributed by atoms with Crippen molar-refractivity contribution in [1.82, 2.24) is 4.90 Å². The van der Waals surface area contributed by atoms with Crippen molar-refractivity contribution in [3.05, 3.63) is 28.2 Å². The smallest absolute Gasteiger partial charge is 0.181 e. The Kier molecular flexibility index (Phi) is 5.31. The molecule has 0 spiro atoms. The van der Waals surface area contributed by atoms with E-state index in [9.17, 15) is 8.42 Å². The number of sulfone groups is 1. The van der Waals surface area contributed by atoms with Gasteiger partial charge in [-0.25, -0.2) is 8.42 Å². The van der Waals surface area contributed by atoms with Crippen molar-refractivity contribution >= 4 is 33.0 Å². The Morgan fingerprint density at radius 2 is 2.10 bits per heavy atom. The lowest BCUT2D eigenvalue weighted by Gasteiger charge is -2.15. The molecule has 0 aromatic heterocycles. The van der Waals surface area contributed by atoms with E-state index in [1.165, 1.54) is 12.1 Å². The molecule has 0 amide bonds. The van der Waals surface area contributed by atoms with E-state index in [0.29, 0.717) is 11.6 Å². The quantitative estimate of drug-likeness (QED) is 0.893. The van der Waals surface area contributed by atoms with Crippen molar-refractivity contribution in [1.29, 1.82) is 0 Å². The van der Waals surface area contributed by atoms with Gasteiger partial charge in [0.2, 0.25) is 0 Å². The van der Waals surface area contributed by atoms with Crippen molar-refractivity contribution < 1.29 is 13.5 Å². The van der Waals surface area contributed by atoms with Crippen LogP contribution in [-0.4, -0.2) is 50.4 Å². The molecule has 1 aliphatic heterocycles. The molecule has 1 aromatic carbocycles. The predicted molar refractivity (Wildman–Crippen MR) is 80.1 cm³/mol. The number of hydrogen-bond acceptors (Lipinski definition) is 4. The number of rotatable bonds is 5. The number of hydrogen-bond donors (Lipinski definition) is 1. The van der Waals surface area contributed by atoms with Gasteiger partial charge in [-0.1, -0.05) is 23.2 Å². The van der Waals surface area contributed by atoms with Crippen LogP contribution in [0.4, 0.5) is 0 Å². The van der Waals surface area contributed by atoms with Gasteiger partial charge in [0.05, 0.1) is 15.7 Å². The fraction of sp³-hybridized carbons (Fsp3) is 0.538. The van der Waals surface area contributed by atoms with Gasteiger partial charge < -0.3 is 10.0 Å². The van der Waals surface area contributed by atoms with Gasteiger partial charge in [-0.05, 0) is 37.1 Å². The largest absolute Gasteiger partial charge is 0.396 e. The second kappa shape index (κ2) is 6.62. The van der Waals surface area contributed by atoms with Crippen LogP contribution in [0.15, 0.2) is 23.1 Å². The molecule has 112 valence electrons. The van der Waals surface area contributed by atoms with Gasteiger partial charge in [0.1, 0.15) is 0 Å². The molecule has 1 saturated heterocycles. The average Bonchev–Trinajstić information content (AvgIpc) is 2.87. The van der Waals surface area contributed by atoms with Gasteiger partial charge in [0, 0.05) is 24.7 Å². The fourth-order valence-corrected chi connectivity index (χ4v) is 4.44. The highest BCUT2D eigenvalue weighted by Gasteiger charge is 2.25. The van der Waals surface area contributed by atoms with Crippen molar-refractivity contribution in [2.75, 3.05) is 32.0 Å². The molecule has 1 N–H and O–H groups in total. The summed E-state index contributed by atoms with van der Waals surface area (Å²) >= 11 is 11.8. The zero-order valence-electron chi connectivity index (χ0n) is 10.9. The molecule has 0 saturated carbocycles. The number of halogens is 2. The maximum absolute atomic E-state index is 12.3. The van der Waals surface area contributed by atoms with Gasteiger partial charge in [-0.3, -0.25) is 0 Å². The molecule has 1 aromatic rings. The van der Waals surface area contributed by atoms with E-state index in [2.05, 4.69) is 4.90 Å². The Bertz CT molecular complexity index is 577. The van der Waals surface area contributed by atoms with Crippen molar-refractivity contribution in [2.45, 2.75) is 11.3 Å². The molecule has 1 unspecified atom stereocenters. The van der Waals surface area contributed by atoms with E-state index in [1.54, 1.807) is 6.07 Å². The summed E-state index contributed by atoms with van der Waals surface area (Å²) in [5.41, 5.74) is 0. The first kappa shape index (κ1) is 16.0. The Balaban J connectivity index is 2.03. The number of likely N-dealkylation sites (tertiary alicyclic amines) is 1. The summed E-state index contributed by atoms with van der Waals surface area (Å²) in [6.07, 6.45) is 0.911. The molecule has 1 heterocycles. The van der Waals surface area contributed by atoms with Crippen molar-refractivity contribution in [3.63, 3.8) is 0 Å². The van der Waals surface area contributed by atoms with Crippen LogP contribution in [0.2, 0.25) is 10.0 Å². The van der Waals surface area contributed by atoms with Crippen LogP contribution < -0.4 is 0 Å². The summed E-state index contributed by atoms with van der Waals surface area (Å²) < 4.78 is 24.6. The van der Waals surface area contributed by atoms with Crippen molar-refractivity contribution in [3.8, 4) is 0 Å². The van der Waals surface area contributed by atoms with E-state index in [1.807, 2.05) is 0 Å². The molecular formula is C13H17Cl2NO3S. The molecule has 1 aliphatic rings. The molecule has 1 fully saturated rings. The third-order valence-electron chi connectivity index (χ3n) is 3.53. The number of aliphatic hydroxyl groups is 1. The Morgan fingerprint density at radius 3 is 2.75 bits per heavy atom. The summed E-state index contributed by atoms with van der Waals surface area (Å²) in [5, 5.41) is 9.63. The van der Waals surface area contributed by atoms with Gasteiger partial charge in [-0.15, -0.1) is 0 Å². The third kappa shape index (κ3) is 3.86. The van der Waals surface area contributed by atoms with Crippen LogP contribution in [0.25, 0.3) is 0 Å². The zero-order chi connectivity index (χ0) is 14.8. The molecule has 2 rings (SSSR count). The molecule has 0 aliphatic carbocycles. The molecule has 20 heavy (non-hydrogen) atoms. The van der Waals surface area contributed by atoms with Crippen LogP contribution >= 0.6 is 23.2 Å². The standard InChI is InChI=1S/C13H17Cl2NO3S/c14-11-1-2-12(15)13(7-11)20(18,19)6-5-16-4-3-10(8-16)9-17/h1-2,7,10,17H,3-6,8-9H2. The van der Waals surface area contributed by atoms with Crippen LogP contribution in [0, 0.1) is 5.92 Å². The lowest BCUT2D eigenvalue weighted by Crippen LogP contribution is -2.28. The minimum Gasteiger partial charge on any atom is -0.396 e. The van der Waals surface area contributed by atoms with E-state index in [-0.39, 0.29) is 28.2 Å². The van der Waals surface area contributed by atoms with E-state index in [0.717, 1.165) is 19.5 Å². The molecule has 4 nitrogen and oxygen atoms in total. The topological polar surface area (TPSA) is 57.6 Å². The maximum Gasteiger partial charge on any atom is 0.181 e. The second-order valence-electron chi connectivity index (χ2n) is 5.03. The number of aliphatic hydroxyl groups excluding tert-OH is 1. The minimum atomic E-state index is -3.45. The van der Waals surface area contributed by atoms with Crippen LogP contribution in [0.3, 0.4) is 0 Å². The molecule has 0 radical (unpaired) electrons. The first-order valence-electron chi connectivity index (χ1n) is 6.43. The van der Waals surface area contributed by atoms with E-state index >= 15 is 0 Å². The SMILES string of the molecule is O=S(=O)(CCN1CCC(CO)C1)c1cc(Cl)ccc1Cl. The van der Waals surface area contributed by atoms with E-state index in [4.69, 9.17) is 28.3 Å². The Hall–Kier alpha value is -0.330. The summed E-state index contributed by atoms with van der Waals surface area (Å²) in [6.45, 7) is 2.17. The Morgan fingerprint density at radius 1 is 1.35 bits per heavy atom. The lowest BCUT2D eigenvalue weighted by atomic mass is 10.1. The third-order valence-corrected chi connectivity index (χ3v) is 5.94. The zero-order valence-corrected chi connectivity index (χ0v) is 13.3. The maximum atomic E-state index is 12.3. The summed E-state index contributed by atoms with van der Waals surface area (Å²) in [4.78, 5) is 2.14. The van der Waals surface area contributed by atoms with Crippen LogP contribution in [0.1, 0.15) is 6.42 Å². The highest BCUT2D eigenvalue weighted by molar-refractivity contribution is 7.91. The van der Waals surface area contributed by atoms with Gasteiger partial charge in [-0.2, -0.15) is 0 Å². The molecule has 1 atom stereocenters. The first-order chi connectivity index (χ1) is 9.42. The average molecular weight is 338 g/mol. The van der Waals surface area contributed by atoms with Crippen LogP contribution in [-0.2, 0) is 9.84 Å². The van der Waals surface area contributed by atoms with E-state index < -0.39 is 9.84 Å². The molecular weight excluding hydrogens is 321 g/mol. The van der Waals surface area contributed by atoms with Crippen molar-refractivity contribution in [2.24, 2.45) is 5.92 Å². The first-order valence-corrected chi connectivity index (χ1v) is 8.84. The lowest BCUT2D eigenvalue weighted by molar-refractivity contribution is 0.224. The van der Waals surface area contributed by atoms with Gasteiger partial charge in [0.25, 0.3) is 0 Å². The van der Waals surface area contributed by atoms with Crippen LogP contribution in [0.5, 0.6) is 0 Å². The minimum absolute atomic E-state index is 0.00517. The normalized spacial score (nSPS) is 20.4. The highest BCUT2D eigenvalue weighted by Crippen LogP contribution is 2.26. The summed E-state index contributed by atoms with van der Waals surface area (Å²) in [6, 6.07) is 4.45. The second-order valence-corrected chi connectivity index (χ2v) is 7.95. The van der Waals surface area contributed by atoms with Gasteiger partial charge >= 0.3 is 0 Å². The summed E-state index contributed by atoms with van der Waals surface area (Å²) in [7, 11) is -3.45.